The highest BCUT2D eigenvalue weighted by Gasteiger charge is 2.79. The van der Waals surface area contributed by atoms with Crippen LogP contribution >= 0.6 is 0 Å². The van der Waals surface area contributed by atoms with Gasteiger partial charge in [-0.15, -0.1) is 13.2 Å². The lowest BCUT2D eigenvalue weighted by molar-refractivity contribution is -0.151. The molecular formula is C20H20O4. The summed E-state index contributed by atoms with van der Waals surface area (Å²) in [6, 6.07) is 0. The van der Waals surface area contributed by atoms with E-state index in [2.05, 4.69) is 19.2 Å². The molecule has 0 radical (unpaired) electrons. The fourth-order valence-electron chi connectivity index (χ4n) is 5.47. The summed E-state index contributed by atoms with van der Waals surface area (Å²) in [7, 11) is 0. The molecule has 3 fully saturated rings. The first-order valence-corrected chi connectivity index (χ1v) is 8.55. The van der Waals surface area contributed by atoms with E-state index < -0.39 is 16.6 Å². The van der Waals surface area contributed by atoms with E-state index in [0.29, 0.717) is 26.1 Å². The standard InChI is InChI=1S/C20H20O4/c1-3-5-12-9-14-15(20(11-24-20)16(12)21)13-6-8-18(14,7-4-2)17(22)19(13)10-23-19/h3-4,6,8-9,13-15H,1-2,5,7,10-11H2/t13-,14+,15+,18+,19+,20+/m1/s1. The summed E-state index contributed by atoms with van der Waals surface area (Å²) in [5.74, 6) is 0.0889. The number of hydrogen-bond acceptors (Lipinski definition) is 4. The number of epoxide rings is 2. The molecule has 2 aliphatic heterocycles. The maximum Gasteiger partial charge on any atom is 0.193 e. The number of ketones is 2. The summed E-state index contributed by atoms with van der Waals surface area (Å²) < 4.78 is 11.5. The van der Waals surface area contributed by atoms with Gasteiger partial charge in [-0.3, -0.25) is 9.59 Å². The maximum absolute atomic E-state index is 13.3. The first-order valence-electron chi connectivity index (χ1n) is 8.55. The highest BCUT2D eigenvalue weighted by Crippen LogP contribution is 2.67. The van der Waals surface area contributed by atoms with Crippen molar-refractivity contribution < 1.29 is 19.1 Å². The number of allylic oxidation sites excluding steroid dienone is 4. The number of carbonyl (C=O) groups excluding carboxylic acids is 2. The van der Waals surface area contributed by atoms with Crippen molar-refractivity contribution in [3.8, 4) is 0 Å². The lowest BCUT2D eigenvalue weighted by Crippen LogP contribution is -2.65. The van der Waals surface area contributed by atoms with Crippen LogP contribution in [-0.4, -0.2) is 36.0 Å². The molecule has 2 saturated heterocycles. The van der Waals surface area contributed by atoms with Crippen molar-refractivity contribution in [2.45, 2.75) is 24.0 Å². The van der Waals surface area contributed by atoms with Crippen LogP contribution in [0.4, 0.5) is 0 Å². The Morgan fingerprint density at radius 2 is 1.83 bits per heavy atom. The van der Waals surface area contributed by atoms with Gasteiger partial charge in [0.1, 0.15) is 0 Å². The number of rotatable bonds is 4. The predicted octanol–water partition coefficient (Wildman–Crippen LogP) is 2.17. The topological polar surface area (TPSA) is 59.2 Å². The minimum absolute atomic E-state index is 0.0243. The summed E-state index contributed by atoms with van der Waals surface area (Å²) in [5.41, 5.74) is -1.43. The summed E-state index contributed by atoms with van der Waals surface area (Å²) in [6.45, 7) is 8.53. The highest BCUT2D eigenvalue weighted by atomic mass is 16.6. The van der Waals surface area contributed by atoms with E-state index >= 15 is 0 Å². The molecule has 0 N–H and O–H groups in total. The van der Waals surface area contributed by atoms with Crippen molar-refractivity contribution in [2.75, 3.05) is 13.2 Å². The van der Waals surface area contributed by atoms with E-state index in [1.165, 1.54) is 0 Å². The van der Waals surface area contributed by atoms with Gasteiger partial charge in [-0.2, -0.15) is 0 Å². The molecule has 0 aromatic heterocycles. The van der Waals surface area contributed by atoms with Crippen LogP contribution in [-0.2, 0) is 19.1 Å². The molecule has 2 bridgehead atoms. The molecule has 0 aromatic rings. The average molecular weight is 324 g/mol. The molecule has 4 nitrogen and oxygen atoms in total. The van der Waals surface area contributed by atoms with Crippen molar-refractivity contribution in [2.24, 2.45) is 23.2 Å². The lowest BCUT2D eigenvalue weighted by Gasteiger charge is -2.56. The minimum atomic E-state index is -0.765. The number of carbonyl (C=O) groups is 2. The van der Waals surface area contributed by atoms with Crippen molar-refractivity contribution >= 4 is 11.6 Å². The van der Waals surface area contributed by atoms with Crippen molar-refractivity contribution in [1.29, 1.82) is 0 Å². The minimum Gasteiger partial charge on any atom is -0.361 e. The van der Waals surface area contributed by atoms with Crippen LogP contribution in [0, 0.1) is 23.2 Å². The predicted molar refractivity (Wildman–Crippen MR) is 87.1 cm³/mol. The number of hydrogen-bond donors (Lipinski definition) is 0. The molecule has 1 saturated carbocycles. The molecule has 0 unspecified atom stereocenters. The van der Waals surface area contributed by atoms with Gasteiger partial charge in [-0.25, -0.2) is 0 Å². The summed E-state index contributed by atoms with van der Waals surface area (Å²) in [6.07, 6.45) is 10.8. The third kappa shape index (κ3) is 1.39. The van der Waals surface area contributed by atoms with E-state index in [0.717, 1.165) is 5.57 Å². The highest BCUT2D eigenvalue weighted by molar-refractivity contribution is 6.07. The van der Waals surface area contributed by atoms with Gasteiger partial charge in [0.15, 0.2) is 22.8 Å². The van der Waals surface area contributed by atoms with Crippen LogP contribution < -0.4 is 0 Å². The molecule has 124 valence electrons. The quantitative estimate of drug-likeness (QED) is 0.587. The van der Waals surface area contributed by atoms with Crippen LogP contribution in [0.1, 0.15) is 12.8 Å². The third-order valence-corrected chi connectivity index (χ3v) is 6.67. The molecule has 4 heteroatoms. The van der Waals surface area contributed by atoms with Gasteiger partial charge >= 0.3 is 0 Å². The average Bonchev–Trinajstić information content (AvgIpc) is 3.47. The smallest absolute Gasteiger partial charge is 0.193 e. The Morgan fingerprint density at radius 1 is 1.12 bits per heavy atom. The number of Topliss-reactive ketones (excluding diaryl/α,β-unsaturated/α-hetero) is 2. The maximum atomic E-state index is 13.3. The molecule has 4 aliphatic carbocycles. The van der Waals surface area contributed by atoms with Crippen LogP contribution in [0.3, 0.4) is 0 Å². The lowest BCUT2D eigenvalue weighted by atomic mass is 9.44. The fourth-order valence-corrected chi connectivity index (χ4v) is 5.47. The Hall–Kier alpha value is -1.78. The fraction of sp³-hybridized carbons (Fsp3) is 0.500. The zero-order chi connectivity index (χ0) is 16.7. The Morgan fingerprint density at radius 3 is 2.42 bits per heavy atom. The zero-order valence-corrected chi connectivity index (χ0v) is 13.5. The largest absolute Gasteiger partial charge is 0.361 e. The van der Waals surface area contributed by atoms with Gasteiger partial charge in [0.2, 0.25) is 0 Å². The van der Waals surface area contributed by atoms with E-state index in [9.17, 15) is 9.59 Å². The molecule has 0 amide bonds. The van der Waals surface area contributed by atoms with E-state index in [-0.39, 0.29) is 29.3 Å². The summed E-state index contributed by atoms with van der Waals surface area (Å²) >= 11 is 0. The van der Waals surface area contributed by atoms with Crippen molar-refractivity contribution in [3.05, 3.63) is 49.1 Å². The second-order valence-corrected chi connectivity index (χ2v) is 7.67. The molecule has 2 heterocycles. The summed E-state index contributed by atoms with van der Waals surface area (Å²) in [5, 5.41) is 0. The van der Waals surface area contributed by atoms with Gasteiger partial charge in [-0.05, 0) is 18.4 Å². The van der Waals surface area contributed by atoms with Crippen LogP contribution in [0.5, 0.6) is 0 Å². The van der Waals surface area contributed by atoms with Crippen LogP contribution in [0.15, 0.2) is 49.1 Å². The van der Waals surface area contributed by atoms with Gasteiger partial charge in [0, 0.05) is 17.8 Å². The summed E-state index contributed by atoms with van der Waals surface area (Å²) in [4.78, 5) is 26.3. The molecule has 0 aromatic carbocycles. The van der Waals surface area contributed by atoms with Crippen LogP contribution in [0.2, 0.25) is 0 Å². The first kappa shape index (κ1) is 14.6. The van der Waals surface area contributed by atoms with Gasteiger partial charge in [0.25, 0.3) is 0 Å². The first-order chi connectivity index (χ1) is 11.6. The third-order valence-electron chi connectivity index (χ3n) is 6.67. The van der Waals surface area contributed by atoms with E-state index in [1.807, 2.05) is 12.2 Å². The number of ether oxygens (including phenoxy) is 2. The molecular weight excluding hydrogens is 304 g/mol. The van der Waals surface area contributed by atoms with Crippen molar-refractivity contribution in [1.82, 2.24) is 0 Å². The van der Waals surface area contributed by atoms with E-state index in [1.54, 1.807) is 12.2 Å². The monoisotopic (exact) mass is 324 g/mol. The Balaban J connectivity index is 1.73. The Kier molecular flexibility index (Phi) is 2.57. The van der Waals surface area contributed by atoms with Crippen LogP contribution in [0.25, 0.3) is 0 Å². The van der Waals surface area contributed by atoms with Crippen molar-refractivity contribution in [3.63, 3.8) is 0 Å². The zero-order valence-electron chi connectivity index (χ0n) is 13.5. The van der Waals surface area contributed by atoms with Gasteiger partial charge < -0.3 is 9.47 Å². The van der Waals surface area contributed by atoms with Gasteiger partial charge in [0.05, 0.1) is 18.6 Å². The Labute approximate surface area is 140 Å². The Bertz CT molecular complexity index is 750. The van der Waals surface area contributed by atoms with E-state index in [4.69, 9.17) is 9.47 Å². The van der Waals surface area contributed by atoms with Gasteiger partial charge in [-0.1, -0.05) is 30.4 Å². The normalized spacial score (nSPS) is 50.0. The molecule has 2 spiro atoms. The molecule has 24 heavy (non-hydrogen) atoms. The molecule has 6 atom stereocenters. The SMILES string of the molecule is C=CCC1=C[C@H]2[C@H]([C@H]3C=C[C@]2(CC=C)C(=O)[C@]32CO2)[C@@]2(CO2)C1=O. The molecule has 6 aliphatic rings. The second-order valence-electron chi connectivity index (χ2n) is 7.67. The second kappa shape index (κ2) is 4.24. The molecule has 6 rings (SSSR count).